The summed E-state index contributed by atoms with van der Waals surface area (Å²) in [5.74, 6) is -0.0191. The van der Waals surface area contributed by atoms with E-state index in [1.54, 1.807) is 0 Å². The first-order chi connectivity index (χ1) is 42.0. The Hall–Kier alpha value is -1.66. The van der Waals surface area contributed by atoms with Gasteiger partial charge in [-0.1, -0.05) is 378 Å². The summed E-state index contributed by atoms with van der Waals surface area (Å²) >= 11 is 0. The average molecular weight is 1200 g/mol. The minimum atomic E-state index is -0.667. The molecule has 0 aliphatic rings. The van der Waals surface area contributed by atoms with Gasteiger partial charge in [0.15, 0.2) is 0 Å². The molecule has 0 spiro atoms. The monoisotopic (exact) mass is 1200 g/mol. The van der Waals surface area contributed by atoms with Crippen LogP contribution < -0.4 is 5.32 Å². The smallest absolute Gasteiger partial charge is 0.305 e. The minimum Gasteiger partial charge on any atom is -0.466 e. The van der Waals surface area contributed by atoms with Crippen molar-refractivity contribution in [2.45, 2.75) is 456 Å². The molecule has 3 N–H and O–H groups in total. The highest BCUT2D eigenvalue weighted by molar-refractivity contribution is 5.76. The van der Waals surface area contributed by atoms with Crippen LogP contribution in [0.3, 0.4) is 0 Å². The average Bonchev–Trinajstić information content (AvgIpc) is 3.51. The third-order valence-electron chi connectivity index (χ3n) is 18.5. The Bertz CT molecular complexity index is 1330. The first kappa shape index (κ1) is 83.3. The van der Waals surface area contributed by atoms with Crippen molar-refractivity contribution >= 4 is 11.9 Å². The molecule has 0 aromatic rings. The zero-order valence-corrected chi connectivity index (χ0v) is 57.9. The third-order valence-corrected chi connectivity index (χ3v) is 18.5. The highest BCUT2D eigenvalue weighted by Crippen LogP contribution is 2.20. The van der Waals surface area contributed by atoms with Crippen LogP contribution in [0.1, 0.15) is 444 Å². The minimum absolute atomic E-state index is 0.0122. The molecule has 0 fully saturated rings. The lowest BCUT2D eigenvalue weighted by atomic mass is 10.0. The molecular formula is C79H153NO5. The molecule has 0 saturated carbocycles. The molecule has 85 heavy (non-hydrogen) atoms. The summed E-state index contributed by atoms with van der Waals surface area (Å²) in [7, 11) is 0. The standard InChI is InChI=1S/C79H153NO5/c1-3-5-7-9-11-13-15-17-19-21-22-23-24-27-30-33-36-40-43-47-51-55-59-63-67-71-77(82)76(75-81)80-78(83)72-68-64-60-56-52-48-44-41-37-34-31-28-25-26-29-32-35-38-42-46-50-54-58-62-66-70-74-85-79(84)73-69-65-61-57-53-49-45-39-20-18-16-14-12-10-8-6-4-2/h18,20,25,28,76-77,81-82H,3-17,19,21-24,26-27,29-75H2,1-2H3,(H,80,83)/b20-18-,28-25-. The lowest BCUT2D eigenvalue weighted by Gasteiger charge is -2.22. The Labute approximate surface area is 532 Å². The largest absolute Gasteiger partial charge is 0.466 e. The van der Waals surface area contributed by atoms with E-state index in [1.165, 1.54) is 366 Å². The van der Waals surface area contributed by atoms with Gasteiger partial charge in [-0.2, -0.15) is 0 Å². The molecule has 0 radical (unpaired) electrons. The van der Waals surface area contributed by atoms with Gasteiger partial charge in [-0.25, -0.2) is 0 Å². The maximum atomic E-state index is 12.6. The number of nitrogens with one attached hydrogen (secondary N) is 1. The number of rotatable bonds is 74. The third kappa shape index (κ3) is 71.3. The van der Waals surface area contributed by atoms with Gasteiger partial charge in [0.2, 0.25) is 5.91 Å². The number of carbonyl (C=O) groups excluding carboxylic acids is 2. The number of carbonyl (C=O) groups is 2. The quantitative estimate of drug-likeness (QED) is 0.0320. The Morgan fingerprint density at radius 3 is 0.835 bits per heavy atom. The van der Waals surface area contributed by atoms with Crippen LogP contribution >= 0.6 is 0 Å². The molecule has 2 atom stereocenters. The normalized spacial score (nSPS) is 12.6. The molecule has 2 unspecified atom stereocenters. The Morgan fingerprint density at radius 1 is 0.318 bits per heavy atom. The zero-order chi connectivity index (χ0) is 61.3. The second-order valence-corrected chi connectivity index (χ2v) is 27.0. The lowest BCUT2D eigenvalue weighted by molar-refractivity contribution is -0.143. The van der Waals surface area contributed by atoms with Gasteiger partial charge in [0.1, 0.15) is 0 Å². The zero-order valence-electron chi connectivity index (χ0n) is 57.9. The molecule has 6 heteroatoms. The molecule has 0 aliphatic carbocycles. The number of amides is 1. The van der Waals surface area contributed by atoms with Crippen molar-refractivity contribution in [3.05, 3.63) is 24.3 Å². The number of esters is 1. The van der Waals surface area contributed by atoms with Crippen LogP contribution in [0.25, 0.3) is 0 Å². The number of aliphatic hydroxyl groups is 2. The van der Waals surface area contributed by atoms with Crippen LogP contribution in [0.2, 0.25) is 0 Å². The van der Waals surface area contributed by atoms with Crippen LogP contribution in [0, 0.1) is 0 Å². The summed E-state index contributed by atoms with van der Waals surface area (Å²) in [6.07, 6.45) is 95.4. The Kier molecular flexibility index (Phi) is 73.3. The number of unbranched alkanes of at least 4 members (excludes halogenated alkanes) is 59. The summed E-state index contributed by atoms with van der Waals surface area (Å²) in [6.45, 7) is 5.00. The van der Waals surface area contributed by atoms with Crippen molar-refractivity contribution in [2.75, 3.05) is 13.2 Å². The van der Waals surface area contributed by atoms with Gasteiger partial charge >= 0.3 is 5.97 Å². The van der Waals surface area contributed by atoms with Gasteiger partial charge in [0.25, 0.3) is 0 Å². The van der Waals surface area contributed by atoms with E-state index in [2.05, 4.69) is 43.5 Å². The molecule has 0 saturated heterocycles. The van der Waals surface area contributed by atoms with E-state index in [-0.39, 0.29) is 18.5 Å². The predicted molar refractivity (Wildman–Crippen MR) is 375 cm³/mol. The second kappa shape index (κ2) is 74.8. The highest BCUT2D eigenvalue weighted by atomic mass is 16.5. The molecule has 0 bridgehead atoms. The Morgan fingerprint density at radius 2 is 0.553 bits per heavy atom. The fourth-order valence-electron chi connectivity index (χ4n) is 12.5. The van der Waals surface area contributed by atoms with Crippen molar-refractivity contribution in [1.29, 1.82) is 0 Å². The van der Waals surface area contributed by atoms with Crippen LogP contribution in [-0.2, 0) is 14.3 Å². The predicted octanol–water partition coefficient (Wildman–Crippen LogP) is 25.7. The van der Waals surface area contributed by atoms with Crippen LogP contribution in [0.4, 0.5) is 0 Å². The number of aliphatic hydroxyl groups excluding tert-OH is 2. The number of ether oxygens (including phenoxy) is 1. The highest BCUT2D eigenvalue weighted by Gasteiger charge is 2.20. The number of hydrogen-bond donors (Lipinski definition) is 3. The molecule has 0 aromatic heterocycles. The molecule has 504 valence electrons. The summed E-state index contributed by atoms with van der Waals surface area (Å²) in [5, 5.41) is 23.5. The maximum absolute atomic E-state index is 12.6. The van der Waals surface area contributed by atoms with Crippen molar-refractivity contribution in [2.24, 2.45) is 0 Å². The first-order valence-electron chi connectivity index (χ1n) is 39.1. The maximum Gasteiger partial charge on any atom is 0.305 e. The van der Waals surface area contributed by atoms with Crippen LogP contribution in [-0.4, -0.2) is 47.4 Å². The van der Waals surface area contributed by atoms with Gasteiger partial charge < -0.3 is 20.3 Å². The molecule has 0 rings (SSSR count). The van der Waals surface area contributed by atoms with E-state index in [1.807, 2.05) is 0 Å². The fourth-order valence-corrected chi connectivity index (χ4v) is 12.5. The summed E-state index contributed by atoms with van der Waals surface area (Å²) in [4.78, 5) is 24.7. The van der Waals surface area contributed by atoms with E-state index in [4.69, 9.17) is 4.74 Å². The van der Waals surface area contributed by atoms with Crippen molar-refractivity contribution in [3.8, 4) is 0 Å². The van der Waals surface area contributed by atoms with Gasteiger partial charge in [0, 0.05) is 12.8 Å². The van der Waals surface area contributed by atoms with Gasteiger partial charge in [-0.05, 0) is 77.0 Å². The van der Waals surface area contributed by atoms with Gasteiger partial charge in [0.05, 0.1) is 25.4 Å². The molecule has 0 aromatic carbocycles. The van der Waals surface area contributed by atoms with Gasteiger partial charge in [-0.15, -0.1) is 0 Å². The summed E-state index contributed by atoms with van der Waals surface area (Å²) < 4.78 is 5.50. The van der Waals surface area contributed by atoms with Crippen molar-refractivity contribution in [1.82, 2.24) is 5.32 Å². The molecule has 0 heterocycles. The number of hydrogen-bond acceptors (Lipinski definition) is 5. The van der Waals surface area contributed by atoms with Crippen LogP contribution in [0.5, 0.6) is 0 Å². The lowest BCUT2D eigenvalue weighted by Crippen LogP contribution is -2.45. The van der Waals surface area contributed by atoms with E-state index in [0.717, 1.165) is 44.9 Å². The van der Waals surface area contributed by atoms with Crippen LogP contribution in [0.15, 0.2) is 24.3 Å². The second-order valence-electron chi connectivity index (χ2n) is 27.0. The Balaban J connectivity index is 3.38. The van der Waals surface area contributed by atoms with Crippen molar-refractivity contribution < 1.29 is 24.5 Å². The van der Waals surface area contributed by atoms with Crippen molar-refractivity contribution in [3.63, 3.8) is 0 Å². The molecule has 6 nitrogen and oxygen atoms in total. The molecule has 0 aliphatic heterocycles. The topological polar surface area (TPSA) is 95.9 Å². The molecular weight excluding hydrogens is 1040 g/mol. The molecule has 1 amide bonds. The summed E-state index contributed by atoms with van der Waals surface area (Å²) in [5.41, 5.74) is 0. The van der Waals surface area contributed by atoms with Gasteiger partial charge in [-0.3, -0.25) is 9.59 Å². The van der Waals surface area contributed by atoms with E-state index >= 15 is 0 Å². The SMILES string of the molecule is CCCCCCCC/C=C\CCCCCCCCCC(=O)OCCCCCCCCCCCCCC/C=C\CCCCCCCCCCCCC(=O)NC(CO)C(O)CCCCCCCCCCCCCCCCCCCCCCCCCCC. The van der Waals surface area contributed by atoms with E-state index in [0.29, 0.717) is 25.9 Å². The van der Waals surface area contributed by atoms with E-state index in [9.17, 15) is 19.8 Å². The first-order valence-corrected chi connectivity index (χ1v) is 39.1. The van der Waals surface area contributed by atoms with E-state index < -0.39 is 12.1 Å². The summed E-state index contributed by atoms with van der Waals surface area (Å²) in [6, 6.07) is -0.545. The fraction of sp³-hybridized carbons (Fsp3) is 0.924. The number of allylic oxidation sites excluding steroid dienone is 4.